The van der Waals surface area contributed by atoms with Crippen LogP contribution in [-0.2, 0) is 63.8 Å². The monoisotopic (exact) mass is 1460 g/mol. The molecule has 8 aromatic carbocycles. The van der Waals surface area contributed by atoms with Gasteiger partial charge in [-0.15, -0.1) is 0 Å². The smallest absolute Gasteiger partial charge is 0.324 e. The molecule has 0 fully saturated rings. The highest BCUT2D eigenvalue weighted by molar-refractivity contribution is 6.33. The van der Waals surface area contributed by atoms with Crippen LogP contribution >= 0.6 is 0 Å². The molecule has 548 valence electrons. The molecule has 6 aliphatic rings. The first-order valence-electron chi connectivity index (χ1n) is 36.6. The number of allylic oxidation sites excluding steroid dienone is 6. The summed E-state index contributed by atoms with van der Waals surface area (Å²) in [4.78, 5) is 134. The Morgan fingerprint density at radius 3 is 1.17 bits per heavy atom. The lowest BCUT2D eigenvalue weighted by Gasteiger charge is -2.30. The average Bonchev–Trinajstić information content (AvgIpc) is 1.47. The van der Waals surface area contributed by atoms with Crippen molar-refractivity contribution in [2.24, 2.45) is 20.8 Å². The number of rotatable bonds is 8. The number of fused-ring (bicyclic) bond motifs is 20. The van der Waals surface area contributed by atoms with Crippen molar-refractivity contribution in [3.05, 3.63) is 338 Å². The van der Waals surface area contributed by atoms with Crippen LogP contribution in [0.2, 0.25) is 0 Å². The summed E-state index contributed by atoms with van der Waals surface area (Å²) < 4.78 is 22.9. The van der Waals surface area contributed by atoms with Gasteiger partial charge in [0.05, 0.1) is 61.2 Å². The second-order valence-electron chi connectivity index (χ2n) is 27.4. The normalized spacial score (nSPS) is 19.5. The minimum absolute atomic E-state index is 0.0513. The molecule has 20 heteroatoms. The number of esters is 4. The number of nitrogens with zero attached hydrogens (tertiary/aromatic N) is 2. The van der Waals surface area contributed by atoms with Crippen LogP contribution in [0.25, 0.3) is 16.7 Å². The summed E-state index contributed by atoms with van der Waals surface area (Å²) in [5.41, 5.74) is 7.99. The minimum Gasteiger partial charge on any atom is -0.465 e. The summed E-state index contributed by atoms with van der Waals surface area (Å²) in [6.07, 6.45) is 10.7. The van der Waals surface area contributed by atoms with Crippen molar-refractivity contribution in [3.63, 3.8) is 0 Å². The maximum atomic E-state index is 15.2. The van der Waals surface area contributed by atoms with Crippen LogP contribution in [-0.4, -0.2) is 96.4 Å². The van der Waals surface area contributed by atoms with Gasteiger partial charge >= 0.3 is 23.9 Å². The van der Waals surface area contributed by atoms with Crippen molar-refractivity contribution in [1.82, 2.24) is 10.3 Å². The fraction of sp³-hybridized carbons (Fsp3) is 0.178. The SMILES string of the molecule is CCOC(=O)C1(C(=O)OCC)Cc2cccc(c2)C(=O)Nc2ccccc2/C2=C3\C=CC(=N3)/C3=C4/C=CC(N4)C(C4=N/C(=C(\c5ccc2[nH]5)c2ccccc2NC(=O)c2cccc(c2)C1)C=C4)c1ccccc1NC(=O)c1cccc(c1)CC(C(=O)OCC)(C(=O)OCC)Cc1cccc(c1)C(=O)Nc1ccccc13. The Labute approximate surface area is 634 Å². The van der Waals surface area contributed by atoms with E-state index in [4.69, 9.17) is 28.9 Å². The van der Waals surface area contributed by atoms with Gasteiger partial charge in [0, 0.05) is 95.5 Å². The van der Waals surface area contributed by atoms with Crippen LogP contribution in [0.3, 0.4) is 0 Å². The van der Waals surface area contributed by atoms with Gasteiger partial charge in [-0.3, -0.25) is 43.3 Å². The lowest BCUT2D eigenvalue weighted by atomic mass is 9.76. The van der Waals surface area contributed by atoms with E-state index in [1.54, 1.807) is 143 Å². The molecule has 20 bridgehead atoms. The van der Waals surface area contributed by atoms with E-state index in [2.05, 4.69) is 31.6 Å². The van der Waals surface area contributed by atoms with Crippen LogP contribution < -0.4 is 26.6 Å². The van der Waals surface area contributed by atoms with Crippen molar-refractivity contribution >= 4 is 98.4 Å². The van der Waals surface area contributed by atoms with Crippen molar-refractivity contribution < 1.29 is 57.3 Å². The molecule has 20 nitrogen and oxygen atoms in total. The van der Waals surface area contributed by atoms with Crippen molar-refractivity contribution in [2.45, 2.75) is 65.3 Å². The van der Waals surface area contributed by atoms with E-state index in [-0.39, 0.29) is 74.4 Å². The van der Waals surface area contributed by atoms with Gasteiger partial charge in [0.2, 0.25) is 0 Å². The summed E-state index contributed by atoms with van der Waals surface area (Å²) in [5, 5.41) is 16.8. The Hall–Kier alpha value is -13.6. The molecule has 2 atom stereocenters. The number of anilines is 4. The first-order chi connectivity index (χ1) is 53.5. The highest BCUT2D eigenvalue weighted by atomic mass is 16.6. The number of benzene rings is 8. The Morgan fingerprint density at radius 1 is 0.391 bits per heavy atom. The van der Waals surface area contributed by atoms with Gasteiger partial charge in [-0.25, -0.2) is 4.99 Å². The van der Waals surface area contributed by atoms with Gasteiger partial charge in [0.25, 0.3) is 23.6 Å². The number of aromatic amines is 1. The molecule has 9 aromatic rings. The molecule has 0 saturated carbocycles. The average molecular weight is 1460 g/mol. The van der Waals surface area contributed by atoms with E-state index < -0.39 is 70.3 Å². The molecule has 7 heterocycles. The third-order valence-corrected chi connectivity index (χ3v) is 20.4. The van der Waals surface area contributed by atoms with E-state index >= 15 is 19.2 Å². The molecule has 6 aliphatic heterocycles. The number of amides is 4. The highest BCUT2D eigenvalue weighted by Gasteiger charge is 2.51. The Balaban J connectivity index is 0.976. The Morgan fingerprint density at radius 2 is 0.755 bits per heavy atom. The molecule has 0 radical (unpaired) electrons. The lowest BCUT2D eigenvalue weighted by molar-refractivity contribution is -0.173. The van der Waals surface area contributed by atoms with Gasteiger partial charge in [0.1, 0.15) is 0 Å². The number of H-pyrrole nitrogens is 1. The molecular weight excluding hydrogens is 1390 g/mol. The second kappa shape index (κ2) is 30.7. The maximum Gasteiger partial charge on any atom is 0.324 e. The van der Waals surface area contributed by atoms with Gasteiger partial charge < -0.3 is 50.5 Å². The summed E-state index contributed by atoms with van der Waals surface area (Å²) in [7, 11) is 0. The number of nitrogens with one attached hydrogen (secondary N) is 6. The van der Waals surface area contributed by atoms with Crippen LogP contribution in [0.1, 0.15) is 131 Å². The Kier molecular flexibility index (Phi) is 20.1. The molecule has 110 heavy (non-hydrogen) atoms. The topological polar surface area (TPSA) is 274 Å². The largest absolute Gasteiger partial charge is 0.465 e. The summed E-state index contributed by atoms with van der Waals surface area (Å²) in [6, 6.07) is 59.6. The fourth-order valence-corrected chi connectivity index (χ4v) is 15.4. The van der Waals surface area contributed by atoms with Gasteiger partial charge in [-0.1, -0.05) is 127 Å². The van der Waals surface area contributed by atoms with Gasteiger partial charge in [0.15, 0.2) is 10.8 Å². The van der Waals surface area contributed by atoms with Crippen molar-refractivity contribution in [2.75, 3.05) is 47.7 Å². The zero-order valence-electron chi connectivity index (χ0n) is 60.7. The highest BCUT2D eigenvalue weighted by Crippen LogP contribution is 2.45. The van der Waals surface area contributed by atoms with Crippen LogP contribution in [0.4, 0.5) is 22.7 Å². The molecule has 2 unspecified atom stereocenters. The minimum atomic E-state index is -1.99. The quantitative estimate of drug-likeness (QED) is 0.0470. The molecule has 0 aliphatic carbocycles. The van der Waals surface area contributed by atoms with E-state index in [9.17, 15) is 19.2 Å². The standard InChI is InChI=1S/C90H76N8O12/c1-5-107-85(103)89(86(104)108-6-2)49-53-21-17-25-57(45-53)81(99)95-65-33-13-9-29-61(65)77-69-37-38-70(91-69)78(62-30-10-14-34-66(62)96-82(100)58-26-18-22-54(46-58)50-89)74-42-44-76(94-74)80-64-32-12-16-36-68(64)98-84(102)60-28-20-24-56(48-60)52-90(87(105)109-7-3,88(106)110-8-4)51-55-23-19-27-59(47-55)83(101)97-67-35-15-11-31-63(67)79(71-39-40-72(80)92-71)75-43-41-73(77)93-75/h9-48,69,77,91-92H,5-8,49-52H2,1-4H3,(H,95,99)(H,96,100)(H,97,101)(H,98,102)/b78-70-,79-75-,80-76-. The molecule has 1 aromatic heterocycles. The van der Waals surface area contributed by atoms with Crippen LogP contribution in [0.15, 0.2) is 270 Å². The second-order valence-corrected chi connectivity index (χ2v) is 27.4. The van der Waals surface area contributed by atoms with Crippen molar-refractivity contribution in [3.8, 4) is 0 Å². The molecule has 0 saturated heterocycles. The van der Waals surface area contributed by atoms with E-state index in [0.29, 0.717) is 124 Å². The predicted octanol–water partition coefficient (Wildman–Crippen LogP) is 14.7. The molecule has 0 spiro atoms. The van der Waals surface area contributed by atoms with Crippen molar-refractivity contribution in [1.29, 1.82) is 0 Å². The summed E-state index contributed by atoms with van der Waals surface area (Å²) in [5.74, 6) is -6.09. The molecule has 4 amide bonds. The van der Waals surface area contributed by atoms with E-state index in [1.807, 2.05) is 127 Å². The fourth-order valence-electron chi connectivity index (χ4n) is 15.4. The third kappa shape index (κ3) is 14.0. The number of carbonyl (C=O) groups is 8. The number of hydrogen-bond acceptors (Lipinski definition) is 15. The van der Waals surface area contributed by atoms with Crippen LogP contribution in [0.5, 0.6) is 0 Å². The zero-order valence-corrected chi connectivity index (χ0v) is 60.7. The van der Waals surface area contributed by atoms with E-state index in [0.717, 1.165) is 0 Å². The number of aliphatic imine (C=N–C) groups is 2. The number of aromatic nitrogens is 1. The molecular formula is C90H76N8O12. The van der Waals surface area contributed by atoms with Crippen LogP contribution in [0, 0.1) is 10.8 Å². The first kappa shape index (κ1) is 72.0. The first-order valence-corrected chi connectivity index (χ1v) is 36.6. The zero-order chi connectivity index (χ0) is 76.2. The summed E-state index contributed by atoms with van der Waals surface area (Å²) >= 11 is 0. The van der Waals surface area contributed by atoms with Gasteiger partial charge in [-0.05, 0) is 197 Å². The molecule has 15 rings (SSSR count). The lowest BCUT2D eigenvalue weighted by Crippen LogP contribution is -2.46. The van der Waals surface area contributed by atoms with Gasteiger partial charge in [-0.2, -0.15) is 0 Å². The van der Waals surface area contributed by atoms with E-state index in [1.165, 1.54) is 0 Å². The molecule has 6 N–H and O–H groups in total. The number of hydrogen-bond donors (Lipinski definition) is 6. The number of carbonyl (C=O) groups excluding carboxylic acids is 8. The number of ether oxygens (including phenoxy) is 4. The number of para-hydroxylation sites is 4. The maximum absolute atomic E-state index is 15.2. The third-order valence-electron chi connectivity index (χ3n) is 20.4. The predicted molar refractivity (Wildman–Crippen MR) is 421 cm³/mol. The Bertz CT molecular complexity index is 5550. The summed E-state index contributed by atoms with van der Waals surface area (Å²) in [6.45, 7) is 6.39.